The molecule has 1 atom stereocenters. The van der Waals surface area contributed by atoms with Crippen molar-refractivity contribution >= 4 is 9.84 Å². The van der Waals surface area contributed by atoms with E-state index in [1.165, 1.54) is 32.1 Å². The van der Waals surface area contributed by atoms with Crippen molar-refractivity contribution in [3.8, 4) is 0 Å². The Labute approximate surface area is 121 Å². The third-order valence-electron chi connectivity index (χ3n) is 4.78. The fourth-order valence-corrected chi connectivity index (χ4v) is 5.18. The Hall–Kier alpha value is -1.09. The zero-order valence-electron chi connectivity index (χ0n) is 11.8. The van der Waals surface area contributed by atoms with E-state index in [9.17, 15) is 8.42 Å². The predicted octanol–water partition coefficient (Wildman–Crippen LogP) is 4.33. The monoisotopic (exact) mass is 290 g/mol. The van der Waals surface area contributed by atoms with Crippen molar-refractivity contribution in [2.45, 2.75) is 49.8 Å². The second-order valence-electron chi connectivity index (χ2n) is 6.05. The number of hydrogen-bond acceptors (Lipinski definition) is 2. The van der Waals surface area contributed by atoms with E-state index in [4.69, 9.17) is 0 Å². The molecule has 3 rings (SSSR count). The summed E-state index contributed by atoms with van der Waals surface area (Å²) in [5, 5.41) is 0. The first kappa shape index (κ1) is 13.9. The number of sulfone groups is 1. The van der Waals surface area contributed by atoms with Crippen LogP contribution in [0.25, 0.3) is 0 Å². The van der Waals surface area contributed by atoms with Crippen LogP contribution in [-0.2, 0) is 9.84 Å². The average Bonchev–Trinajstić information content (AvgIpc) is 3.00. The maximum atomic E-state index is 12.6. The van der Waals surface area contributed by atoms with E-state index in [1.54, 1.807) is 24.3 Å². The molecule has 0 radical (unpaired) electrons. The number of hydrogen-bond donors (Lipinski definition) is 0. The molecule has 2 aliphatic rings. The summed E-state index contributed by atoms with van der Waals surface area (Å²) in [4.78, 5) is 1.09. The van der Waals surface area contributed by atoms with Crippen LogP contribution in [0.15, 0.2) is 46.2 Å². The number of rotatable bonds is 3. The van der Waals surface area contributed by atoms with Crippen LogP contribution in [0.2, 0.25) is 0 Å². The van der Waals surface area contributed by atoms with Crippen LogP contribution in [0.3, 0.4) is 0 Å². The lowest BCUT2D eigenvalue weighted by Gasteiger charge is -2.26. The van der Waals surface area contributed by atoms with Crippen LogP contribution in [0.5, 0.6) is 0 Å². The molecule has 0 aliphatic heterocycles. The molecular weight excluding hydrogens is 268 g/mol. The van der Waals surface area contributed by atoms with Crippen LogP contribution in [0.4, 0.5) is 0 Å². The zero-order valence-corrected chi connectivity index (χ0v) is 12.6. The van der Waals surface area contributed by atoms with Gasteiger partial charge in [0.05, 0.1) is 4.90 Å². The largest absolute Gasteiger partial charge is 0.219 e. The molecule has 0 amide bonds. The van der Waals surface area contributed by atoms with Gasteiger partial charge in [-0.1, -0.05) is 43.5 Å². The van der Waals surface area contributed by atoms with Gasteiger partial charge in [-0.3, -0.25) is 0 Å². The molecule has 0 heterocycles. The SMILES string of the molecule is O=S(=O)(C1=CC(C2CCCCC2)CC1)c1ccccc1. The van der Waals surface area contributed by atoms with Crippen molar-refractivity contribution in [1.82, 2.24) is 0 Å². The van der Waals surface area contributed by atoms with Crippen molar-refractivity contribution in [2.24, 2.45) is 11.8 Å². The molecule has 20 heavy (non-hydrogen) atoms. The van der Waals surface area contributed by atoms with E-state index in [2.05, 4.69) is 6.08 Å². The molecular formula is C17H22O2S. The van der Waals surface area contributed by atoms with Crippen molar-refractivity contribution < 1.29 is 8.42 Å². The van der Waals surface area contributed by atoms with E-state index in [1.807, 2.05) is 6.07 Å². The highest BCUT2D eigenvalue weighted by atomic mass is 32.2. The molecule has 1 fully saturated rings. The Morgan fingerprint density at radius 2 is 1.60 bits per heavy atom. The quantitative estimate of drug-likeness (QED) is 0.830. The topological polar surface area (TPSA) is 34.1 Å². The molecule has 108 valence electrons. The van der Waals surface area contributed by atoms with Crippen molar-refractivity contribution in [3.63, 3.8) is 0 Å². The lowest BCUT2D eigenvalue weighted by Crippen LogP contribution is -2.14. The lowest BCUT2D eigenvalue weighted by atomic mass is 9.80. The van der Waals surface area contributed by atoms with E-state index in [0.717, 1.165) is 12.8 Å². The molecule has 2 nitrogen and oxygen atoms in total. The van der Waals surface area contributed by atoms with Gasteiger partial charge in [0.25, 0.3) is 0 Å². The van der Waals surface area contributed by atoms with Gasteiger partial charge in [0.15, 0.2) is 0 Å². The zero-order chi connectivity index (χ0) is 14.0. The maximum Gasteiger partial charge on any atom is 0.202 e. The first-order valence-corrected chi connectivity index (χ1v) is 9.17. The lowest BCUT2D eigenvalue weighted by molar-refractivity contribution is 0.283. The summed E-state index contributed by atoms with van der Waals surface area (Å²) in [6.07, 6.45) is 10.3. The highest BCUT2D eigenvalue weighted by Gasteiger charge is 2.31. The molecule has 1 unspecified atom stereocenters. The minimum atomic E-state index is -3.25. The third-order valence-corrected chi connectivity index (χ3v) is 6.70. The molecule has 0 saturated heterocycles. The molecule has 0 spiro atoms. The Bertz CT molecular complexity index is 581. The summed E-state index contributed by atoms with van der Waals surface area (Å²) in [7, 11) is -3.25. The number of benzene rings is 1. The fourth-order valence-electron chi connectivity index (χ4n) is 3.62. The van der Waals surface area contributed by atoms with E-state index in [-0.39, 0.29) is 0 Å². The van der Waals surface area contributed by atoms with Gasteiger partial charge in [-0.15, -0.1) is 0 Å². The Kier molecular flexibility index (Phi) is 3.97. The normalized spacial score (nSPS) is 24.6. The van der Waals surface area contributed by atoms with Crippen LogP contribution in [0, 0.1) is 11.8 Å². The van der Waals surface area contributed by atoms with Gasteiger partial charge in [0, 0.05) is 4.91 Å². The van der Waals surface area contributed by atoms with Gasteiger partial charge in [-0.25, -0.2) is 8.42 Å². The summed E-state index contributed by atoms with van der Waals surface area (Å²) < 4.78 is 25.2. The number of allylic oxidation sites excluding steroid dienone is 2. The first-order chi connectivity index (χ1) is 9.68. The van der Waals surface area contributed by atoms with Crippen LogP contribution in [-0.4, -0.2) is 8.42 Å². The van der Waals surface area contributed by atoms with Gasteiger partial charge in [-0.05, 0) is 49.7 Å². The van der Waals surface area contributed by atoms with Crippen molar-refractivity contribution in [2.75, 3.05) is 0 Å². The summed E-state index contributed by atoms with van der Waals surface area (Å²) in [6, 6.07) is 8.84. The van der Waals surface area contributed by atoms with Crippen LogP contribution >= 0.6 is 0 Å². The molecule has 0 bridgehead atoms. The standard InChI is InChI=1S/C17H22O2S/c18-20(19,16-9-5-2-6-10-16)17-12-11-15(13-17)14-7-3-1-4-8-14/h2,5-6,9-10,13-15H,1,3-4,7-8,11-12H2. The van der Waals surface area contributed by atoms with Gasteiger partial charge in [-0.2, -0.15) is 0 Å². The minimum absolute atomic E-state index is 0.440. The molecule has 1 saturated carbocycles. The second-order valence-corrected chi connectivity index (χ2v) is 8.05. The Balaban J connectivity index is 1.81. The summed E-state index contributed by atoms with van der Waals surface area (Å²) in [5.74, 6) is 1.20. The average molecular weight is 290 g/mol. The molecule has 0 aromatic heterocycles. The summed E-state index contributed by atoms with van der Waals surface area (Å²) >= 11 is 0. The van der Waals surface area contributed by atoms with Crippen molar-refractivity contribution in [3.05, 3.63) is 41.3 Å². The molecule has 3 heteroatoms. The highest BCUT2D eigenvalue weighted by molar-refractivity contribution is 7.95. The molecule has 0 N–H and O–H groups in total. The summed E-state index contributed by atoms with van der Waals surface area (Å²) in [6.45, 7) is 0. The van der Waals surface area contributed by atoms with E-state index < -0.39 is 9.84 Å². The van der Waals surface area contributed by atoms with Gasteiger partial charge in [0.2, 0.25) is 9.84 Å². The second kappa shape index (κ2) is 5.72. The van der Waals surface area contributed by atoms with E-state index in [0.29, 0.717) is 21.6 Å². The van der Waals surface area contributed by atoms with Gasteiger partial charge in [0.1, 0.15) is 0 Å². The first-order valence-electron chi connectivity index (χ1n) is 7.69. The molecule has 1 aromatic carbocycles. The molecule has 1 aromatic rings. The predicted molar refractivity (Wildman–Crippen MR) is 81.0 cm³/mol. The van der Waals surface area contributed by atoms with Gasteiger partial charge >= 0.3 is 0 Å². The Morgan fingerprint density at radius 3 is 2.30 bits per heavy atom. The van der Waals surface area contributed by atoms with Crippen LogP contribution < -0.4 is 0 Å². The maximum absolute atomic E-state index is 12.6. The smallest absolute Gasteiger partial charge is 0.202 e. The van der Waals surface area contributed by atoms with Crippen LogP contribution in [0.1, 0.15) is 44.9 Å². The summed E-state index contributed by atoms with van der Waals surface area (Å²) in [5.41, 5.74) is 0. The minimum Gasteiger partial charge on any atom is -0.219 e. The van der Waals surface area contributed by atoms with Gasteiger partial charge < -0.3 is 0 Å². The molecule has 2 aliphatic carbocycles. The fraction of sp³-hybridized carbons (Fsp3) is 0.529. The highest BCUT2D eigenvalue weighted by Crippen LogP contribution is 2.40. The van der Waals surface area contributed by atoms with E-state index >= 15 is 0 Å². The third kappa shape index (κ3) is 2.69. The Morgan fingerprint density at radius 1 is 0.900 bits per heavy atom. The van der Waals surface area contributed by atoms with Crippen molar-refractivity contribution in [1.29, 1.82) is 0 Å².